The lowest BCUT2D eigenvalue weighted by atomic mass is 9.69. The van der Waals surface area contributed by atoms with E-state index in [1.54, 1.807) is 19.9 Å². The number of nitriles is 1. The lowest BCUT2D eigenvalue weighted by Crippen LogP contribution is -2.45. The van der Waals surface area contributed by atoms with E-state index in [-0.39, 0.29) is 17.7 Å². The van der Waals surface area contributed by atoms with Crippen LogP contribution in [0.15, 0.2) is 41.5 Å². The number of anilines is 1. The fourth-order valence-corrected chi connectivity index (χ4v) is 5.71. The summed E-state index contributed by atoms with van der Waals surface area (Å²) in [6.07, 6.45) is 3.89. The molecule has 0 bridgehead atoms. The number of amidine groups is 1. The number of hydrogen-bond donors (Lipinski definition) is 2. The Labute approximate surface area is 207 Å². The van der Waals surface area contributed by atoms with E-state index >= 15 is 4.39 Å². The number of fused-ring (bicyclic) bond motifs is 1. The van der Waals surface area contributed by atoms with Crippen LogP contribution in [0.2, 0.25) is 0 Å². The zero-order valence-electron chi connectivity index (χ0n) is 19.5. The Bertz CT molecular complexity index is 1190. The average molecular weight is 496 g/mol. The number of benzene rings is 1. The fraction of sp³-hybridized carbons (Fsp3) is 0.400. The Hall–Kier alpha value is -3.45. The highest BCUT2D eigenvalue weighted by Gasteiger charge is 2.46. The quantitative estimate of drug-likeness (QED) is 0.619. The van der Waals surface area contributed by atoms with Gasteiger partial charge in [0.05, 0.1) is 17.2 Å². The number of hydrogen-bond acceptors (Lipinski definition) is 7. The van der Waals surface area contributed by atoms with Gasteiger partial charge in [0.2, 0.25) is 0 Å². The molecule has 1 fully saturated rings. The highest BCUT2D eigenvalue weighted by Crippen LogP contribution is 2.50. The number of aromatic nitrogens is 1. The molecule has 2 aromatic rings. The molecule has 182 valence electrons. The summed E-state index contributed by atoms with van der Waals surface area (Å²) in [5, 5.41) is 14.8. The van der Waals surface area contributed by atoms with E-state index in [1.807, 2.05) is 6.07 Å². The van der Waals surface area contributed by atoms with Crippen LogP contribution >= 0.6 is 11.8 Å². The molecule has 2 amide bonds. The Balaban J connectivity index is 1.64. The van der Waals surface area contributed by atoms with E-state index in [9.17, 15) is 9.59 Å². The van der Waals surface area contributed by atoms with E-state index in [4.69, 9.17) is 15.0 Å². The topological polar surface area (TPSA) is 116 Å². The van der Waals surface area contributed by atoms with E-state index < -0.39 is 23.4 Å². The highest BCUT2D eigenvalue weighted by molar-refractivity contribution is 8.13. The molecule has 0 spiro atoms. The van der Waals surface area contributed by atoms with Crippen LogP contribution in [0.3, 0.4) is 0 Å². The van der Waals surface area contributed by atoms with Crippen molar-refractivity contribution in [3.8, 4) is 6.07 Å². The number of nitrogens with one attached hydrogen (secondary N) is 2. The maximum atomic E-state index is 15.3. The molecule has 1 aliphatic carbocycles. The number of rotatable bonds is 4. The number of thioether (sulfide) groups is 1. The van der Waals surface area contributed by atoms with Crippen LogP contribution in [-0.4, -0.2) is 34.0 Å². The number of ether oxygens (including phenoxy) is 1. The van der Waals surface area contributed by atoms with Gasteiger partial charge in [-0.3, -0.25) is 15.1 Å². The maximum Gasteiger partial charge on any atom is 0.413 e. The third-order valence-electron chi connectivity index (χ3n) is 6.13. The van der Waals surface area contributed by atoms with Crippen LogP contribution in [0.4, 0.5) is 14.9 Å². The summed E-state index contributed by atoms with van der Waals surface area (Å²) in [6, 6.07) is 9.38. The van der Waals surface area contributed by atoms with Crippen molar-refractivity contribution in [2.45, 2.75) is 51.2 Å². The van der Waals surface area contributed by atoms with Gasteiger partial charge < -0.3 is 10.1 Å². The van der Waals surface area contributed by atoms with Gasteiger partial charge in [0.1, 0.15) is 17.6 Å². The van der Waals surface area contributed by atoms with Crippen molar-refractivity contribution in [2.24, 2.45) is 10.9 Å². The number of alkyl carbamates (subject to hydrolysis) is 1. The third kappa shape index (κ3) is 5.46. The van der Waals surface area contributed by atoms with Crippen molar-refractivity contribution in [1.29, 1.82) is 5.26 Å². The molecule has 0 unspecified atom stereocenters. The second-order valence-electron chi connectivity index (χ2n) is 8.87. The van der Waals surface area contributed by atoms with E-state index in [0.29, 0.717) is 34.2 Å². The van der Waals surface area contributed by atoms with Crippen molar-refractivity contribution in [3.05, 3.63) is 59.2 Å². The molecular formula is C25H26FN5O3S. The normalized spacial score (nSPS) is 21.3. The summed E-state index contributed by atoms with van der Waals surface area (Å²) in [4.78, 5) is 33.7. The molecule has 2 aliphatic rings. The number of carbonyl (C=O) groups is 2. The van der Waals surface area contributed by atoms with E-state index in [2.05, 4.69) is 15.6 Å². The second kappa shape index (κ2) is 10.4. The zero-order valence-corrected chi connectivity index (χ0v) is 20.3. The largest absolute Gasteiger partial charge is 0.447 e. The lowest BCUT2D eigenvalue weighted by molar-refractivity contribution is 0.102. The zero-order chi connectivity index (χ0) is 25.0. The van der Waals surface area contributed by atoms with Crippen molar-refractivity contribution >= 4 is 34.6 Å². The second-order valence-corrected chi connectivity index (χ2v) is 9.88. The van der Waals surface area contributed by atoms with Crippen molar-refractivity contribution in [1.82, 2.24) is 10.3 Å². The van der Waals surface area contributed by atoms with Crippen LogP contribution < -0.4 is 10.6 Å². The molecule has 1 aromatic heterocycles. The summed E-state index contributed by atoms with van der Waals surface area (Å²) in [5.74, 6) is -0.0997. The number of pyridine rings is 1. The van der Waals surface area contributed by atoms with Crippen LogP contribution in [0, 0.1) is 23.1 Å². The fourth-order valence-electron chi connectivity index (χ4n) is 4.52. The van der Waals surface area contributed by atoms with Gasteiger partial charge >= 0.3 is 6.09 Å². The standard InChI is InChI=1S/C25H26FN5O3S/c1-15(2)34-24(33)30-23-31-25(10-4-3-5-17(25)14-35-23)19-11-18(7-8-20(19)26)29-22(32)21-9-6-16(12-27)13-28-21/h6-9,11,13,15,17H,3-5,10,14H2,1-2H3,(H,29,32)(H,30,31,33)/t17-,25-/m0/s1. The number of halogens is 1. The molecule has 0 saturated heterocycles. The van der Waals surface area contributed by atoms with Crippen molar-refractivity contribution in [3.63, 3.8) is 0 Å². The maximum absolute atomic E-state index is 15.3. The minimum Gasteiger partial charge on any atom is -0.447 e. The first-order valence-corrected chi connectivity index (χ1v) is 12.5. The molecule has 2 atom stereocenters. The summed E-state index contributed by atoms with van der Waals surface area (Å²) >= 11 is 1.43. The monoisotopic (exact) mass is 495 g/mol. The molecule has 2 N–H and O–H groups in total. The van der Waals surface area contributed by atoms with Crippen LogP contribution in [-0.2, 0) is 10.3 Å². The van der Waals surface area contributed by atoms with Gasteiger partial charge in [-0.1, -0.05) is 24.6 Å². The first-order valence-electron chi connectivity index (χ1n) is 11.5. The summed E-state index contributed by atoms with van der Waals surface area (Å²) < 4.78 is 20.5. The third-order valence-corrected chi connectivity index (χ3v) is 7.16. The Morgan fingerprint density at radius 1 is 1.26 bits per heavy atom. The van der Waals surface area contributed by atoms with Gasteiger partial charge in [0.15, 0.2) is 5.17 Å². The number of carbonyl (C=O) groups excluding carboxylic acids is 2. The van der Waals surface area contributed by atoms with Gasteiger partial charge in [0.25, 0.3) is 5.91 Å². The lowest BCUT2D eigenvalue weighted by Gasteiger charge is -2.44. The minimum atomic E-state index is -0.846. The van der Waals surface area contributed by atoms with Gasteiger partial charge in [-0.05, 0) is 62.9 Å². The molecule has 4 rings (SSSR count). The van der Waals surface area contributed by atoms with E-state index in [1.165, 1.54) is 42.2 Å². The molecule has 35 heavy (non-hydrogen) atoms. The number of nitrogens with zero attached hydrogens (tertiary/aromatic N) is 3. The van der Waals surface area contributed by atoms with Crippen LogP contribution in [0.1, 0.15) is 61.1 Å². The number of aliphatic imine (C=N–C) groups is 1. The highest BCUT2D eigenvalue weighted by atomic mass is 32.2. The van der Waals surface area contributed by atoms with Gasteiger partial charge in [-0.2, -0.15) is 5.26 Å². The number of amides is 2. The smallest absolute Gasteiger partial charge is 0.413 e. The first kappa shape index (κ1) is 24.7. The predicted molar refractivity (Wildman–Crippen MR) is 132 cm³/mol. The molecule has 0 radical (unpaired) electrons. The molecule has 8 nitrogen and oxygen atoms in total. The van der Waals surface area contributed by atoms with Crippen molar-refractivity contribution in [2.75, 3.05) is 11.1 Å². The summed E-state index contributed by atoms with van der Waals surface area (Å²) in [6.45, 7) is 3.52. The molecule has 1 saturated carbocycles. The average Bonchev–Trinajstić information content (AvgIpc) is 2.84. The molecular weight excluding hydrogens is 469 g/mol. The van der Waals surface area contributed by atoms with Gasteiger partial charge in [0, 0.05) is 23.2 Å². The molecule has 1 aliphatic heterocycles. The van der Waals surface area contributed by atoms with Gasteiger partial charge in [-0.15, -0.1) is 0 Å². The predicted octanol–water partition coefficient (Wildman–Crippen LogP) is 4.97. The summed E-state index contributed by atoms with van der Waals surface area (Å²) in [5.41, 5.74) is 0.457. The summed E-state index contributed by atoms with van der Waals surface area (Å²) in [7, 11) is 0. The SMILES string of the molecule is CC(C)OC(=O)NC1=N[C@@]2(c3cc(NC(=O)c4ccc(C#N)cn4)ccc3F)CCCC[C@H]2CS1. The Kier molecular flexibility index (Phi) is 7.36. The van der Waals surface area contributed by atoms with Crippen LogP contribution in [0.25, 0.3) is 0 Å². The molecule has 2 heterocycles. The Morgan fingerprint density at radius 3 is 2.80 bits per heavy atom. The van der Waals surface area contributed by atoms with Gasteiger partial charge in [-0.25, -0.2) is 14.2 Å². The molecule has 1 aromatic carbocycles. The van der Waals surface area contributed by atoms with E-state index in [0.717, 1.165) is 19.3 Å². The molecule has 10 heteroatoms. The Morgan fingerprint density at radius 2 is 2.09 bits per heavy atom. The van der Waals surface area contributed by atoms with Crippen molar-refractivity contribution < 1.29 is 18.7 Å². The van der Waals surface area contributed by atoms with Crippen LogP contribution in [0.5, 0.6) is 0 Å². The first-order chi connectivity index (χ1) is 16.8. The minimum absolute atomic E-state index is 0.0913.